The highest BCUT2D eigenvalue weighted by atomic mass is 32.2. The summed E-state index contributed by atoms with van der Waals surface area (Å²) in [7, 11) is -4.13. The molecule has 0 saturated carbocycles. The third-order valence-electron chi connectivity index (χ3n) is 3.46. The van der Waals surface area contributed by atoms with Crippen molar-refractivity contribution < 1.29 is 22.7 Å². The summed E-state index contributed by atoms with van der Waals surface area (Å²) in [6.45, 7) is 0.262. The van der Waals surface area contributed by atoms with Gasteiger partial charge in [-0.2, -0.15) is 0 Å². The van der Waals surface area contributed by atoms with E-state index in [2.05, 4.69) is 5.32 Å². The minimum atomic E-state index is -4.13. The van der Waals surface area contributed by atoms with Crippen LogP contribution in [0.4, 0.5) is 5.69 Å². The average Bonchev–Trinajstić information content (AvgIpc) is 3.24. The van der Waals surface area contributed by atoms with Crippen LogP contribution in [-0.2, 0) is 16.6 Å². The van der Waals surface area contributed by atoms with Crippen LogP contribution in [0.25, 0.3) is 10.4 Å². The van der Waals surface area contributed by atoms with E-state index in [1.807, 2.05) is 0 Å². The lowest BCUT2D eigenvalue weighted by atomic mass is 10.1. The van der Waals surface area contributed by atoms with Gasteiger partial charge in [0.05, 0.1) is 23.3 Å². The Morgan fingerprint density at radius 2 is 2.08 bits per heavy atom. The van der Waals surface area contributed by atoms with Gasteiger partial charge >= 0.3 is 5.97 Å². The molecule has 4 N–H and O–H groups in total. The van der Waals surface area contributed by atoms with E-state index in [1.165, 1.54) is 23.7 Å². The molecule has 130 valence electrons. The molecule has 7 nitrogen and oxygen atoms in total. The number of furan rings is 1. The van der Waals surface area contributed by atoms with Gasteiger partial charge in [0.2, 0.25) is 10.0 Å². The van der Waals surface area contributed by atoms with E-state index in [4.69, 9.17) is 9.56 Å². The lowest BCUT2D eigenvalue weighted by molar-refractivity contribution is 0.0696. The zero-order valence-corrected chi connectivity index (χ0v) is 14.4. The normalized spacial score (nSPS) is 11.4. The topological polar surface area (TPSA) is 123 Å². The highest BCUT2D eigenvalue weighted by Crippen LogP contribution is 2.38. The summed E-state index contributed by atoms with van der Waals surface area (Å²) in [5.74, 6) is -0.626. The molecule has 0 unspecified atom stereocenters. The minimum absolute atomic E-state index is 0.175. The lowest BCUT2D eigenvalue weighted by Crippen LogP contribution is -2.16. The monoisotopic (exact) mass is 378 g/mol. The first-order valence-corrected chi connectivity index (χ1v) is 9.53. The number of benzene rings is 1. The van der Waals surface area contributed by atoms with E-state index in [0.717, 1.165) is 6.07 Å². The van der Waals surface area contributed by atoms with Crippen LogP contribution in [0.5, 0.6) is 0 Å². The van der Waals surface area contributed by atoms with Crippen molar-refractivity contribution >= 4 is 33.0 Å². The fourth-order valence-corrected chi connectivity index (χ4v) is 4.03. The maximum atomic E-state index is 12.1. The van der Waals surface area contributed by atoms with E-state index >= 15 is 0 Å². The summed E-state index contributed by atoms with van der Waals surface area (Å²) in [6, 6.07) is 9.45. The summed E-state index contributed by atoms with van der Waals surface area (Å²) in [5, 5.41) is 19.5. The van der Waals surface area contributed by atoms with Crippen LogP contribution in [0, 0.1) is 0 Å². The number of rotatable bonds is 6. The Kier molecular flexibility index (Phi) is 4.62. The second kappa shape index (κ2) is 6.71. The number of carbonyl (C=O) groups is 1. The van der Waals surface area contributed by atoms with Gasteiger partial charge in [-0.3, -0.25) is 0 Å². The number of nitrogens with one attached hydrogen (secondary N) is 1. The van der Waals surface area contributed by atoms with Crippen molar-refractivity contribution in [2.45, 2.75) is 11.4 Å². The second-order valence-electron chi connectivity index (χ2n) is 5.16. The molecule has 0 aliphatic rings. The quantitative estimate of drug-likeness (QED) is 0.606. The molecule has 3 aromatic rings. The van der Waals surface area contributed by atoms with Crippen LogP contribution in [0.1, 0.15) is 16.1 Å². The molecule has 0 bridgehead atoms. The van der Waals surface area contributed by atoms with Crippen molar-refractivity contribution in [3.63, 3.8) is 0 Å². The molecule has 0 amide bonds. The predicted octanol–water partition coefficient (Wildman–Crippen LogP) is 2.97. The van der Waals surface area contributed by atoms with Crippen molar-refractivity contribution in [2.24, 2.45) is 5.14 Å². The maximum Gasteiger partial charge on any atom is 0.335 e. The Hall–Kier alpha value is -2.62. The summed E-state index contributed by atoms with van der Waals surface area (Å²) in [5.41, 5.74) is 0.517. The Bertz CT molecular complexity index is 994. The first kappa shape index (κ1) is 17.2. The smallest absolute Gasteiger partial charge is 0.335 e. The van der Waals surface area contributed by atoms with Gasteiger partial charge in [0, 0.05) is 16.1 Å². The van der Waals surface area contributed by atoms with Gasteiger partial charge in [0.1, 0.15) is 5.76 Å². The fourth-order valence-electron chi connectivity index (χ4n) is 2.37. The number of aromatic carboxylic acids is 1. The number of thiophene rings is 1. The first-order valence-electron chi connectivity index (χ1n) is 7.10. The zero-order valence-electron chi connectivity index (χ0n) is 12.8. The third kappa shape index (κ3) is 3.73. The van der Waals surface area contributed by atoms with E-state index in [-0.39, 0.29) is 17.0 Å². The molecule has 0 saturated heterocycles. The van der Waals surface area contributed by atoms with Crippen LogP contribution < -0.4 is 10.5 Å². The highest BCUT2D eigenvalue weighted by Gasteiger charge is 2.23. The Morgan fingerprint density at radius 1 is 1.28 bits per heavy atom. The molecule has 0 atom stereocenters. The summed E-state index contributed by atoms with van der Waals surface area (Å²) < 4.78 is 29.3. The van der Waals surface area contributed by atoms with Crippen LogP contribution in [0.3, 0.4) is 0 Å². The number of nitrogens with two attached hydrogens (primary N) is 1. The summed E-state index contributed by atoms with van der Waals surface area (Å²) in [6.07, 6.45) is 1.51. The van der Waals surface area contributed by atoms with Gasteiger partial charge in [-0.1, -0.05) is 6.07 Å². The van der Waals surface area contributed by atoms with Crippen molar-refractivity contribution in [3.8, 4) is 10.4 Å². The largest absolute Gasteiger partial charge is 0.478 e. The van der Waals surface area contributed by atoms with Gasteiger partial charge in [-0.25, -0.2) is 18.4 Å². The van der Waals surface area contributed by atoms with E-state index in [1.54, 1.807) is 29.6 Å². The molecule has 0 radical (unpaired) electrons. The second-order valence-corrected chi connectivity index (χ2v) is 7.63. The molecule has 3 rings (SSSR count). The molecular weight excluding hydrogens is 364 g/mol. The first-order chi connectivity index (χ1) is 11.9. The zero-order chi connectivity index (χ0) is 18.0. The van der Waals surface area contributed by atoms with E-state index in [0.29, 0.717) is 21.9 Å². The number of anilines is 1. The van der Waals surface area contributed by atoms with Gasteiger partial charge in [-0.15, -0.1) is 11.3 Å². The number of sulfonamides is 1. The standard InChI is InChI=1S/C16H14N2O5S2/c17-25(21,22)14-8-10(16(19)20)7-12(15(14)13-4-2-6-24-13)18-9-11-3-1-5-23-11/h1-8,18H,9H2,(H,19,20)(H2,17,21,22). The van der Waals surface area contributed by atoms with Crippen molar-refractivity contribution in [1.29, 1.82) is 0 Å². The minimum Gasteiger partial charge on any atom is -0.478 e. The summed E-state index contributed by atoms with van der Waals surface area (Å²) >= 11 is 1.33. The molecule has 0 aliphatic carbocycles. The average molecular weight is 378 g/mol. The number of carboxylic acids is 1. The molecule has 0 fully saturated rings. The van der Waals surface area contributed by atoms with Crippen LogP contribution in [-0.4, -0.2) is 19.5 Å². The molecule has 0 aliphatic heterocycles. The highest BCUT2D eigenvalue weighted by molar-refractivity contribution is 7.89. The van der Waals surface area contributed by atoms with Gasteiger partial charge in [0.25, 0.3) is 0 Å². The molecule has 2 heterocycles. The van der Waals surface area contributed by atoms with Crippen molar-refractivity contribution in [1.82, 2.24) is 0 Å². The fraction of sp³-hybridized carbons (Fsp3) is 0.0625. The van der Waals surface area contributed by atoms with Crippen LogP contribution in [0.15, 0.2) is 57.4 Å². The van der Waals surface area contributed by atoms with Crippen molar-refractivity contribution in [2.75, 3.05) is 5.32 Å². The molecule has 2 aromatic heterocycles. The summed E-state index contributed by atoms with van der Waals surface area (Å²) in [4.78, 5) is 11.8. The maximum absolute atomic E-state index is 12.1. The molecule has 1 aromatic carbocycles. The molecule has 9 heteroatoms. The SMILES string of the molecule is NS(=O)(=O)c1cc(C(=O)O)cc(NCc2ccco2)c1-c1cccs1. The number of hydrogen-bond acceptors (Lipinski definition) is 6. The Morgan fingerprint density at radius 3 is 2.64 bits per heavy atom. The van der Waals surface area contributed by atoms with Gasteiger partial charge in [0.15, 0.2) is 0 Å². The van der Waals surface area contributed by atoms with E-state index in [9.17, 15) is 18.3 Å². The molecule has 25 heavy (non-hydrogen) atoms. The van der Waals surface area contributed by atoms with Gasteiger partial charge in [-0.05, 0) is 35.7 Å². The molecular formula is C16H14N2O5S2. The van der Waals surface area contributed by atoms with Gasteiger partial charge < -0.3 is 14.8 Å². The predicted molar refractivity (Wildman–Crippen MR) is 94.1 cm³/mol. The Balaban J connectivity index is 2.18. The van der Waals surface area contributed by atoms with E-state index < -0.39 is 16.0 Å². The number of primary sulfonamides is 1. The molecule has 0 spiro atoms. The van der Waals surface area contributed by atoms with Crippen molar-refractivity contribution in [3.05, 3.63) is 59.4 Å². The number of hydrogen-bond donors (Lipinski definition) is 3. The third-order valence-corrected chi connectivity index (χ3v) is 5.28. The van der Waals surface area contributed by atoms with Crippen LogP contribution in [0.2, 0.25) is 0 Å². The van der Waals surface area contributed by atoms with Crippen LogP contribution >= 0.6 is 11.3 Å². The lowest BCUT2D eigenvalue weighted by Gasteiger charge is -2.15. The number of carboxylic acid groups (broad SMARTS) is 1. The Labute approximate surface area is 147 Å².